The molecular formula is C15H22Cl2HfSi-2. The van der Waals surface area contributed by atoms with Gasteiger partial charge in [0.25, 0.3) is 0 Å². The van der Waals surface area contributed by atoms with Crippen LogP contribution in [0.4, 0.5) is 0 Å². The van der Waals surface area contributed by atoms with Gasteiger partial charge >= 0.3 is 41.6 Å². The quantitative estimate of drug-likeness (QED) is 0.320. The first-order chi connectivity index (χ1) is 7.95. The maximum atomic E-state index is 2.33. The van der Waals surface area contributed by atoms with Crippen molar-refractivity contribution in [2.45, 2.75) is 33.9 Å². The second-order valence-electron chi connectivity index (χ2n) is 4.29. The Kier molecular flexibility index (Phi) is 19.0. The number of halogens is 2. The van der Waals surface area contributed by atoms with E-state index in [4.69, 9.17) is 0 Å². The van der Waals surface area contributed by atoms with Gasteiger partial charge in [0.1, 0.15) is 0 Å². The molecule has 0 bridgehead atoms. The molecule has 2 rings (SSSR count). The van der Waals surface area contributed by atoms with Crippen LogP contribution in [-0.2, 0) is 23.0 Å². The van der Waals surface area contributed by atoms with Crippen molar-refractivity contribution in [2.75, 3.05) is 0 Å². The van der Waals surface area contributed by atoms with Gasteiger partial charge in [0.2, 0.25) is 0 Å². The first-order valence-electron chi connectivity index (χ1n) is 5.83. The Labute approximate surface area is 145 Å². The fraction of sp³-hybridized carbons (Fsp3) is 0.333. The topological polar surface area (TPSA) is 0 Å². The van der Waals surface area contributed by atoms with E-state index in [2.05, 4.69) is 46.0 Å². The molecule has 0 aliphatic rings. The number of hydrogen-bond acceptors (Lipinski definition) is 0. The minimum atomic E-state index is 0. The zero-order chi connectivity index (χ0) is 13.3. The zero-order valence-corrected chi connectivity index (χ0v) is 18.4. The molecule has 0 unspecified atom stereocenters. The van der Waals surface area contributed by atoms with Gasteiger partial charge in [-0.25, -0.2) is 18.2 Å². The summed E-state index contributed by atoms with van der Waals surface area (Å²) in [6.45, 7) is 11.1. The van der Waals surface area contributed by atoms with Gasteiger partial charge in [-0.3, -0.25) is 0 Å². The Morgan fingerprint density at radius 1 is 1.11 bits per heavy atom. The van der Waals surface area contributed by atoms with Gasteiger partial charge in [-0.2, -0.15) is 41.0 Å². The molecule has 106 valence electrons. The Morgan fingerprint density at radius 3 is 1.63 bits per heavy atom. The molecule has 0 saturated heterocycles. The van der Waals surface area contributed by atoms with Crippen LogP contribution in [0.2, 0.25) is 13.1 Å². The van der Waals surface area contributed by atoms with Crippen LogP contribution in [0, 0.1) is 20.8 Å². The molecule has 0 nitrogen and oxygen atoms in total. The van der Waals surface area contributed by atoms with Gasteiger partial charge < -0.3 is 24.8 Å². The van der Waals surface area contributed by atoms with Crippen LogP contribution < -0.4 is 24.8 Å². The molecule has 0 saturated carbocycles. The predicted octanol–water partition coefficient (Wildman–Crippen LogP) is -1.47. The van der Waals surface area contributed by atoms with E-state index in [0.29, 0.717) is 0 Å². The van der Waals surface area contributed by atoms with E-state index < -0.39 is 0 Å². The molecule has 4 heteroatoms. The normalized spacial score (nSPS) is 7.74. The van der Waals surface area contributed by atoms with Crippen LogP contribution in [0.3, 0.4) is 0 Å². The summed E-state index contributed by atoms with van der Waals surface area (Å²) in [6.07, 6.45) is 0. The van der Waals surface area contributed by atoms with Crippen LogP contribution >= 0.6 is 0 Å². The Bertz CT molecular complexity index is 379. The second-order valence-corrected chi connectivity index (χ2v) is 17.1. The van der Waals surface area contributed by atoms with Crippen LogP contribution in [0.15, 0.2) is 42.5 Å². The summed E-state index contributed by atoms with van der Waals surface area (Å²) < 4.78 is 0. The Balaban J connectivity index is -0.000000206. The van der Waals surface area contributed by atoms with Gasteiger partial charge in [0.05, 0.1) is 0 Å². The van der Waals surface area contributed by atoms with Crippen LogP contribution in [0.1, 0.15) is 16.7 Å². The van der Waals surface area contributed by atoms with Gasteiger partial charge in [-0.15, -0.1) is 0 Å². The summed E-state index contributed by atoms with van der Waals surface area (Å²) in [6, 6.07) is 14.3. The third-order valence-corrected chi connectivity index (χ3v) is 2.32. The first-order valence-corrected chi connectivity index (χ1v) is 13.7. The molecule has 2 aromatic carbocycles. The fourth-order valence-corrected chi connectivity index (χ4v) is 1.13. The van der Waals surface area contributed by atoms with E-state index in [1.807, 2.05) is 30.3 Å². The minimum Gasteiger partial charge on any atom is -1.00 e. The molecule has 0 aliphatic carbocycles. The van der Waals surface area contributed by atoms with Crippen molar-refractivity contribution in [1.82, 2.24) is 0 Å². The maximum Gasteiger partial charge on any atom is -0.0630 e. The Hall–Kier alpha value is 0.367. The maximum absolute atomic E-state index is 2.33. The van der Waals surface area contributed by atoms with Crippen molar-refractivity contribution in [1.29, 1.82) is 0 Å². The minimum absolute atomic E-state index is 0. The monoisotopic (exact) mass is 480 g/mol. The third-order valence-electron chi connectivity index (χ3n) is 2.32. The molecule has 0 amide bonds. The summed E-state index contributed by atoms with van der Waals surface area (Å²) >= 11 is 1.45. The van der Waals surface area contributed by atoms with Gasteiger partial charge in [0.15, 0.2) is 0 Å². The second kappa shape index (κ2) is 14.8. The van der Waals surface area contributed by atoms with Crippen molar-refractivity contribution in [3.05, 3.63) is 59.2 Å². The van der Waals surface area contributed by atoms with Gasteiger partial charge in [-0.1, -0.05) is 20.8 Å². The largest absolute Gasteiger partial charge is 1.00 e. The SMILES string of the molecule is C[Si](C)=[Hf+2].Cc1cc[c-](C)c1C.[Cl-].[Cl-].c1cc[cH-]c1. The third kappa shape index (κ3) is 14.6. The number of rotatable bonds is 0. The van der Waals surface area contributed by atoms with Crippen molar-refractivity contribution in [2.24, 2.45) is 0 Å². The van der Waals surface area contributed by atoms with E-state index >= 15 is 0 Å². The molecule has 0 N–H and O–H groups in total. The fourth-order valence-electron chi connectivity index (χ4n) is 1.13. The van der Waals surface area contributed by atoms with Crippen molar-refractivity contribution >= 4 is 5.49 Å². The van der Waals surface area contributed by atoms with Crippen LogP contribution in [-0.4, -0.2) is 5.49 Å². The molecule has 19 heavy (non-hydrogen) atoms. The van der Waals surface area contributed by atoms with E-state index in [9.17, 15) is 0 Å². The van der Waals surface area contributed by atoms with E-state index in [1.54, 1.807) is 0 Å². The molecule has 0 radical (unpaired) electrons. The molecular weight excluding hydrogens is 458 g/mol. The molecule has 0 spiro atoms. The van der Waals surface area contributed by atoms with E-state index in [1.165, 1.54) is 39.7 Å². The van der Waals surface area contributed by atoms with Crippen LogP contribution in [0.5, 0.6) is 0 Å². The molecule has 0 heterocycles. The standard InChI is InChI=1S/C8H11.C5H5.C2H6Si.2ClH.Hf/c1-6-4-5-7(2)8(6)3;1-2-4-5-3-1;1-3-2;;;/h4-5H,1-3H3;1-5H;1-2H3;2*1H;/q2*-1;;;;+2/p-2. The molecule has 2 aromatic rings. The summed E-state index contributed by atoms with van der Waals surface area (Å²) in [5.41, 5.74) is 4.50. The smallest absolute Gasteiger partial charge is 0.0630 e. The summed E-state index contributed by atoms with van der Waals surface area (Å²) in [5.74, 6) is 0. The predicted molar refractivity (Wildman–Crippen MR) is 75.8 cm³/mol. The van der Waals surface area contributed by atoms with Crippen LogP contribution in [0.25, 0.3) is 0 Å². The zero-order valence-electron chi connectivity index (χ0n) is 12.3. The Morgan fingerprint density at radius 2 is 1.53 bits per heavy atom. The summed E-state index contributed by atoms with van der Waals surface area (Å²) in [5, 5.41) is 0. The molecule has 0 fully saturated rings. The van der Waals surface area contributed by atoms with Gasteiger partial charge in [0, 0.05) is 0 Å². The molecule has 0 atom stereocenters. The van der Waals surface area contributed by atoms with E-state index in [0.717, 1.165) is 0 Å². The average molecular weight is 480 g/mol. The van der Waals surface area contributed by atoms with Gasteiger partial charge in [-0.05, 0) is 0 Å². The van der Waals surface area contributed by atoms with Crippen molar-refractivity contribution in [3.63, 3.8) is 0 Å². The first kappa shape index (κ1) is 24.4. The summed E-state index contributed by atoms with van der Waals surface area (Å²) in [7, 11) is 0. The average Bonchev–Trinajstić information content (AvgIpc) is 2.88. The van der Waals surface area contributed by atoms with E-state index in [-0.39, 0.29) is 30.3 Å². The number of hydrogen-bond donors (Lipinski definition) is 0. The summed E-state index contributed by atoms with van der Waals surface area (Å²) in [4.78, 5) is 0. The number of aryl methyl sites for hydroxylation is 2. The molecule has 0 aromatic heterocycles. The van der Waals surface area contributed by atoms with Crippen molar-refractivity contribution < 1.29 is 47.8 Å². The van der Waals surface area contributed by atoms with Crippen molar-refractivity contribution in [3.8, 4) is 0 Å². The molecule has 0 aliphatic heterocycles.